The van der Waals surface area contributed by atoms with Crippen molar-refractivity contribution >= 4 is 17.6 Å². The van der Waals surface area contributed by atoms with E-state index < -0.39 is 35.4 Å². The molecule has 1 unspecified atom stereocenters. The average Bonchev–Trinajstić information content (AvgIpc) is 3.14. The van der Waals surface area contributed by atoms with Crippen molar-refractivity contribution in [1.29, 1.82) is 0 Å². The molecule has 2 aromatic carbocycles. The van der Waals surface area contributed by atoms with Crippen LogP contribution in [0.1, 0.15) is 39.9 Å². The monoisotopic (exact) mass is 492 g/mol. The van der Waals surface area contributed by atoms with Gasteiger partial charge in [-0.15, -0.1) is 0 Å². The summed E-state index contributed by atoms with van der Waals surface area (Å²) < 4.78 is 60.7. The standard InChI is InChI=1S/C24H23F3N2O6/c1-13-17(14(2)35-29-13)12-33-20-10-9-16(11-21(20)32-4)23(31)34-15(3)22(30)28-19-8-6-5-7-18(19)24(25,26)27/h5-11,15H,12H2,1-4H3,(H,28,30). The summed E-state index contributed by atoms with van der Waals surface area (Å²) >= 11 is 0. The molecule has 8 nitrogen and oxygen atoms in total. The summed E-state index contributed by atoms with van der Waals surface area (Å²) in [5.41, 5.74) is 0.0781. The zero-order chi connectivity index (χ0) is 25.8. The first-order valence-corrected chi connectivity index (χ1v) is 10.4. The number of esters is 1. The molecule has 0 saturated heterocycles. The Labute approximate surface area is 199 Å². The predicted octanol–water partition coefficient (Wildman–Crippen LogP) is 5.08. The number of methoxy groups -OCH3 is 1. The van der Waals surface area contributed by atoms with Crippen molar-refractivity contribution in [3.63, 3.8) is 0 Å². The lowest BCUT2D eigenvalue weighted by Gasteiger charge is -2.17. The van der Waals surface area contributed by atoms with Gasteiger partial charge in [-0.25, -0.2) is 4.79 Å². The lowest BCUT2D eigenvalue weighted by Crippen LogP contribution is -2.30. The molecular weight excluding hydrogens is 469 g/mol. The minimum Gasteiger partial charge on any atom is -0.493 e. The van der Waals surface area contributed by atoms with E-state index in [-0.39, 0.29) is 17.9 Å². The number of nitrogens with zero attached hydrogens (tertiary/aromatic N) is 1. The molecule has 3 rings (SSSR count). The number of nitrogens with one attached hydrogen (secondary N) is 1. The molecule has 11 heteroatoms. The maximum Gasteiger partial charge on any atom is 0.418 e. The summed E-state index contributed by atoms with van der Waals surface area (Å²) in [6.45, 7) is 4.96. The van der Waals surface area contributed by atoms with Crippen LogP contribution in [0.25, 0.3) is 0 Å². The van der Waals surface area contributed by atoms with Crippen LogP contribution in [0, 0.1) is 13.8 Å². The molecule has 0 radical (unpaired) electrons. The lowest BCUT2D eigenvalue weighted by molar-refractivity contribution is -0.137. The molecule has 1 atom stereocenters. The minimum absolute atomic E-state index is 0.0573. The molecule has 0 bridgehead atoms. The maximum atomic E-state index is 13.1. The van der Waals surface area contributed by atoms with E-state index in [1.165, 1.54) is 44.4 Å². The number of alkyl halides is 3. The fourth-order valence-corrected chi connectivity index (χ4v) is 3.13. The molecule has 0 spiro atoms. The Kier molecular flexibility index (Phi) is 7.68. The number of rotatable bonds is 8. The van der Waals surface area contributed by atoms with Gasteiger partial charge >= 0.3 is 12.1 Å². The van der Waals surface area contributed by atoms with Gasteiger partial charge in [0.1, 0.15) is 12.4 Å². The molecular formula is C24H23F3N2O6. The largest absolute Gasteiger partial charge is 0.493 e. The summed E-state index contributed by atoms with van der Waals surface area (Å²) in [7, 11) is 1.39. The zero-order valence-corrected chi connectivity index (χ0v) is 19.4. The van der Waals surface area contributed by atoms with E-state index in [0.717, 1.165) is 17.7 Å². The van der Waals surface area contributed by atoms with E-state index in [1.54, 1.807) is 13.8 Å². The van der Waals surface area contributed by atoms with Crippen LogP contribution in [-0.2, 0) is 22.3 Å². The molecule has 1 N–H and O–H groups in total. The van der Waals surface area contributed by atoms with Crippen LogP contribution in [-0.4, -0.2) is 30.2 Å². The maximum absolute atomic E-state index is 13.1. The van der Waals surface area contributed by atoms with E-state index in [2.05, 4.69) is 10.5 Å². The highest BCUT2D eigenvalue weighted by Crippen LogP contribution is 2.35. The van der Waals surface area contributed by atoms with Crippen LogP contribution < -0.4 is 14.8 Å². The fraction of sp³-hybridized carbons (Fsp3) is 0.292. The summed E-state index contributed by atoms with van der Waals surface area (Å²) in [5.74, 6) is -0.582. The second-order valence-corrected chi connectivity index (χ2v) is 7.54. The van der Waals surface area contributed by atoms with Gasteiger partial charge in [-0.2, -0.15) is 13.2 Å². The minimum atomic E-state index is -4.66. The zero-order valence-electron chi connectivity index (χ0n) is 19.4. The topological polar surface area (TPSA) is 99.9 Å². The number of carbonyl (C=O) groups excluding carboxylic acids is 2. The Hall–Kier alpha value is -4.02. The quantitative estimate of drug-likeness (QED) is 0.438. The Balaban J connectivity index is 1.66. The number of carbonyl (C=O) groups is 2. The van der Waals surface area contributed by atoms with E-state index in [0.29, 0.717) is 17.2 Å². The van der Waals surface area contributed by atoms with Crippen LogP contribution in [0.5, 0.6) is 11.5 Å². The number of amides is 1. The van der Waals surface area contributed by atoms with Crippen molar-refractivity contribution < 1.29 is 41.5 Å². The van der Waals surface area contributed by atoms with Crippen molar-refractivity contribution in [2.24, 2.45) is 0 Å². The van der Waals surface area contributed by atoms with Gasteiger partial charge in [0.25, 0.3) is 5.91 Å². The molecule has 0 aliphatic heterocycles. The highest BCUT2D eigenvalue weighted by molar-refractivity contribution is 5.98. The summed E-state index contributed by atoms with van der Waals surface area (Å²) in [5, 5.41) is 6.01. The van der Waals surface area contributed by atoms with Crippen molar-refractivity contribution in [3.8, 4) is 11.5 Å². The van der Waals surface area contributed by atoms with Crippen LogP contribution in [0.15, 0.2) is 47.0 Å². The fourth-order valence-electron chi connectivity index (χ4n) is 3.13. The Bertz CT molecular complexity index is 1200. The van der Waals surface area contributed by atoms with E-state index in [9.17, 15) is 22.8 Å². The van der Waals surface area contributed by atoms with Crippen LogP contribution in [0.4, 0.5) is 18.9 Å². The number of hydrogen-bond acceptors (Lipinski definition) is 7. The Morgan fingerprint density at radius 3 is 2.46 bits per heavy atom. The summed E-state index contributed by atoms with van der Waals surface area (Å²) in [4.78, 5) is 24.9. The normalized spacial score (nSPS) is 12.1. The number of halogens is 3. The van der Waals surface area contributed by atoms with Crippen molar-refractivity contribution in [2.75, 3.05) is 12.4 Å². The molecule has 0 aliphatic carbocycles. The lowest BCUT2D eigenvalue weighted by atomic mass is 10.1. The number of ether oxygens (including phenoxy) is 3. The van der Waals surface area contributed by atoms with Crippen LogP contribution in [0.3, 0.4) is 0 Å². The number of hydrogen-bond donors (Lipinski definition) is 1. The van der Waals surface area contributed by atoms with Gasteiger partial charge in [0, 0.05) is 0 Å². The van der Waals surface area contributed by atoms with E-state index in [4.69, 9.17) is 18.7 Å². The Morgan fingerprint density at radius 2 is 1.83 bits per heavy atom. The van der Waals surface area contributed by atoms with Gasteiger partial charge in [-0.1, -0.05) is 17.3 Å². The van der Waals surface area contributed by atoms with Gasteiger partial charge < -0.3 is 24.1 Å². The third-order valence-corrected chi connectivity index (χ3v) is 5.10. The highest BCUT2D eigenvalue weighted by atomic mass is 19.4. The predicted molar refractivity (Wildman–Crippen MR) is 118 cm³/mol. The van der Waals surface area contributed by atoms with E-state index in [1.807, 2.05) is 0 Å². The number of benzene rings is 2. The first-order chi connectivity index (χ1) is 16.5. The second-order valence-electron chi connectivity index (χ2n) is 7.54. The molecule has 1 aromatic heterocycles. The number of aromatic nitrogens is 1. The summed E-state index contributed by atoms with van der Waals surface area (Å²) in [6, 6.07) is 8.79. The molecule has 0 aliphatic rings. The third kappa shape index (κ3) is 6.11. The molecule has 35 heavy (non-hydrogen) atoms. The van der Waals surface area contributed by atoms with Crippen LogP contribution >= 0.6 is 0 Å². The molecule has 1 heterocycles. The van der Waals surface area contributed by atoms with Gasteiger partial charge in [-0.3, -0.25) is 4.79 Å². The highest BCUT2D eigenvalue weighted by Gasteiger charge is 2.34. The molecule has 0 fully saturated rings. The molecule has 1 amide bonds. The second kappa shape index (κ2) is 10.5. The van der Waals surface area contributed by atoms with Crippen molar-refractivity contribution in [3.05, 3.63) is 70.6 Å². The SMILES string of the molecule is COc1cc(C(=O)OC(C)C(=O)Nc2ccccc2C(F)(F)F)ccc1OCc1c(C)noc1C. The molecule has 3 aromatic rings. The van der Waals surface area contributed by atoms with Gasteiger partial charge in [0.2, 0.25) is 0 Å². The summed E-state index contributed by atoms with van der Waals surface area (Å²) in [6.07, 6.45) is -6.03. The Morgan fingerprint density at radius 1 is 1.11 bits per heavy atom. The number of aryl methyl sites for hydroxylation is 2. The molecule has 186 valence electrons. The average molecular weight is 492 g/mol. The molecule has 0 saturated carbocycles. The van der Waals surface area contributed by atoms with Crippen molar-refractivity contribution in [2.45, 2.75) is 39.7 Å². The van der Waals surface area contributed by atoms with E-state index >= 15 is 0 Å². The number of para-hydroxylation sites is 1. The van der Waals surface area contributed by atoms with Gasteiger partial charge in [0.15, 0.2) is 17.6 Å². The first kappa shape index (κ1) is 25.6. The van der Waals surface area contributed by atoms with Crippen molar-refractivity contribution in [1.82, 2.24) is 5.16 Å². The first-order valence-electron chi connectivity index (χ1n) is 10.4. The smallest absolute Gasteiger partial charge is 0.418 e. The van der Waals surface area contributed by atoms with Crippen LogP contribution in [0.2, 0.25) is 0 Å². The van der Waals surface area contributed by atoms with Gasteiger partial charge in [-0.05, 0) is 51.1 Å². The number of anilines is 1. The van der Waals surface area contributed by atoms with Gasteiger partial charge in [0.05, 0.1) is 35.2 Å². The third-order valence-electron chi connectivity index (χ3n) is 5.10.